The molecule has 1 heterocycles. The number of halogens is 2. The molecular formula is C16H22Br2N2. The van der Waals surface area contributed by atoms with Crippen LogP contribution in [-0.2, 0) is 0 Å². The summed E-state index contributed by atoms with van der Waals surface area (Å²) in [4.78, 5) is 2.62. The summed E-state index contributed by atoms with van der Waals surface area (Å²) >= 11 is 7.30. The summed E-state index contributed by atoms with van der Waals surface area (Å²) in [5.41, 5.74) is 1.70. The van der Waals surface area contributed by atoms with E-state index in [-0.39, 0.29) is 0 Å². The molecule has 4 heteroatoms. The molecule has 1 aliphatic carbocycles. The van der Waals surface area contributed by atoms with Crippen molar-refractivity contribution < 1.29 is 0 Å². The van der Waals surface area contributed by atoms with E-state index in [9.17, 15) is 0 Å². The van der Waals surface area contributed by atoms with Gasteiger partial charge in [-0.1, -0.05) is 35.7 Å². The molecule has 1 N–H and O–H groups in total. The molecule has 2 fully saturated rings. The van der Waals surface area contributed by atoms with Gasteiger partial charge in [0.05, 0.1) is 5.69 Å². The second-order valence-electron chi connectivity index (χ2n) is 6.15. The van der Waals surface area contributed by atoms with Gasteiger partial charge in [-0.2, -0.15) is 0 Å². The lowest BCUT2D eigenvalue weighted by molar-refractivity contribution is 0.267. The van der Waals surface area contributed by atoms with Crippen LogP contribution in [0.3, 0.4) is 0 Å². The van der Waals surface area contributed by atoms with Crippen LogP contribution in [0.1, 0.15) is 39.0 Å². The number of nitrogens with one attached hydrogen (secondary N) is 1. The molecule has 2 aliphatic rings. The van der Waals surface area contributed by atoms with E-state index in [0.717, 1.165) is 17.6 Å². The Hall–Kier alpha value is -0.0600. The van der Waals surface area contributed by atoms with E-state index in [0.29, 0.717) is 11.6 Å². The predicted molar refractivity (Wildman–Crippen MR) is 92.5 cm³/mol. The van der Waals surface area contributed by atoms with Gasteiger partial charge in [-0.05, 0) is 53.4 Å². The van der Waals surface area contributed by atoms with E-state index in [1.807, 2.05) is 0 Å². The van der Waals surface area contributed by atoms with Crippen LogP contribution >= 0.6 is 31.9 Å². The number of piperazine rings is 1. The van der Waals surface area contributed by atoms with E-state index in [2.05, 4.69) is 67.2 Å². The molecule has 2 nitrogen and oxygen atoms in total. The fraction of sp³-hybridized carbons (Fsp3) is 0.625. The Morgan fingerprint density at radius 1 is 1.30 bits per heavy atom. The fourth-order valence-corrected chi connectivity index (χ4v) is 4.98. The Kier molecular flexibility index (Phi) is 4.44. The molecule has 0 radical (unpaired) electrons. The van der Waals surface area contributed by atoms with E-state index >= 15 is 0 Å². The van der Waals surface area contributed by atoms with Crippen LogP contribution in [-0.4, -0.2) is 24.7 Å². The molecule has 1 saturated heterocycles. The molecule has 3 rings (SSSR count). The SMILES string of the molecule is CCC1CNC2(CCCC2)CN1c1ccc(Br)cc1Br. The summed E-state index contributed by atoms with van der Waals surface area (Å²) in [6.45, 7) is 4.55. The third-order valence-corrected chi connectivity index (χ3v) is 6.01. The smallest absolute Gasteiger partial charge is 0.0515 e. The molecule has 1 unspecified atom stereocenters. The monoisotopic (exact) mass is 400 g/mol. The third-order valence-electron chi connectivity index (χ3n) is 4.88. The minimum absolute atomic E-state index is 0.359. The van der Waals surface area contributed by atoms with Crippen molar-refractivity contribution in [1.82, 2.24) is 5.32 Å². The molecule has 1 aromatic rings. The van der Waals surface area contributed by atoms with Crippen molar-refractivity contribution in [1.29, 1.82) is 0 Å². The van der Waals surface area contributed by atoms with Crippen LogP contribution in [0, 0.1) is 0 Å². The Balaban J connectivity index is 1.90. The maximum Gasteiger partial charge on any atom is 0.0515 e. The van der Waals surface area contributed by atoms with E-state index in [4.69, 9.17) is 0 Å². The van der Waals surface area contributed by atoms with Crippen molar-refractivity contribution in [3.63, 3.8) is 0 Å². The van der Waals surface area contributed by atoms with Gasteiger partial charge in [0.15, 0.2) is 0 Å². The average Bonchev–Trinajstić information content (AvgIpc) is 2.87. The van der Waals surface area contributed by atoms with E-state index in [1.54, 1.807) is 0 Å². The first-order valence-corrected chi connectivity index (χ1v) is 9.19. The molecule has 1 saturated carbocycles. The van der Waals surface area contributed by atoms with Crippen LogP contribution in [0.25, 0.3) is 0 Å². The standard InChI is InChI=1S/C16H22Br2N2/c1-2-13-10-19-16(7-3-4-8-16)11-20(13)15-6-5-12(17)9-14(15)18/h5-6,9,13,19H,2-4,7-8,10-11H2,1H3. The first-order chi connectivity index (χ1) is 9.63. The Bertz CT molecular complexity index is 483. The van der Waals surface area contributed by atoms with Gasteiger partial charge >= 0.3 is 0 Å². The maximum absolute atomic E-state index is 3.86. The number of rotatable bonds is 2. The molecule has 110 valence electrons. The molecule has 0 amide bonds. The van der Waals surface area contributed by atoms with Crippen molar-refractivity contribution >= 4 is 37.5 Å². The first kappa shape index (κ1) is 14.9. The van der Waals surface area contributed by atoms with Crippen LogP contribution in [0.15, 0.2) is 27.1 Å². The summed E-state index contributed by atoms with van der Waals surface area (Å²) in [5.74, 6) is 0. The van der Waals surface area contributed by atoms with Crippen LogP contribution < -0.4 is 10.2 Å². The van der Waals surface area contributed by atoms with Crippen LogP contribution in [0.5, 0.6) is 0 Å². The van der Waals surface area contributed by atoms with Gasteiger partial charge in [-0.15, -0.1) is 0 Å². The lowest BCUT2D eigenvalue weighted by atomic mass is 9.91. The molecule has 1 aromatic carbocycles. The highest BCUT2D eigenvalue weighted by Gasteiger charge is 2.41. The Morgan fingerprint density at radius 2 is 2.05 bits per heavy atom. The van der Waals surface area contributed by atoms with E-state index in [1.165, 1.54) is 42.3 Å². The second kappa shape index (κ2) is 5.98. The average molecular weight is 402 g/mol. The molecule has 20 heavy (non-hydrogen) atoms. The van der Waals surface area contributed by atoms with Gasteiger partial charge < -0.3 is 10.2 Å². The molecule has 1 aliphatic heterocycles. The fourth-order valence-electron chi connectivity index (χ4n) is 3.70. The normalized spacial score (nSPS) is 25.4. The highest BCUT2D eigenvalue weighted by Crippen LogP contribution is 2.38. The number of anilines is 1. The number of hydrogen-bond donors (Lipinski definition) is 1. The topological polar surface area (TPSA) is 15.3 Å². The highest BCUT2D eigenvalue weighted by molar-refractivity contribution is 9.11. The highest BCUT2D eigenvalue weighted by atomic mass is 79.9. The zero-order chi connectivity index (χ0) is 14.2. The summed E-state index contributed by atoms with van der Waals surface area (Å²) in [6, 6.07) is 7.14. The Labute approximate surface area is 138 Å². The van der Waals surface area contributed by atoms with Crippen LogP contribution in [0.2, 0.25) is 0 Å². The molecular weight excluding hydrogens is 380 g/mol. The number of nitrogens with zero attached hydrogens (tertiary/aromatic N) is 1. The summed E-state index contributed by atoms with van der Waals surface area (Å²) in [5, 5.41) is 3.86. The van der Waals surface area contributed by atoms with Crippen molar-refractivity contribution in [2.45, 2.75) is 50.6 Å². The quantitative estimate of drug-likeness (QED) is 0.771. The minimum Gasteiger partial charge on any atom is -0.365 e. The first-order valence-electron chi connectivity index (χ1n) is 7.60. The zero-order valence-electron chi connectivity index (χ0n) is 12.0. The Morgan fingerprint density at radius 3 is 2.70 bits per heavy atom. The van der Waals surface area contributed by atoms with Gasteiger partial charge in [-0.25, -0.2) is 0 Å². The minimum atomic E-state index is 0.359. The lowest BCUT2D eigenvalue weighted by Gasteiger charge is -2.47. The summed E-state index contributed by atoms with van der Waals surface area (Å²) in [6.07, 6.45) is 6.59. The summed E-state index contributed by atoms with van der Waals surface area (Å²) < 4.78 is 2.33. The molecule has 0 bridgehead atoms. The molecule has 0 aromatic heterocycles. The summed E-state index contributed by atoms with van der Waals surface area (Å²) in [7, 11) is 0. The van der Waals surface area contributed by atoms with Gasteiger partial charge in [0.1, 0.15) is 0 Å². The van der Waals surface area contributed by atoms with Crippen LogP contribution in [0.4, 0.5) is 5.69 Å². The predicted octanol–water partition coefficient (Wildman–Crippen LogP) is 4.71. The van der Waals surface area contributed by atoms with E-state index < -0.39 is 0 Å². The zero-order valence-corrected chi connectivity index (χ0v) is 15.1. The number of benzene rings is 1. The second-order valence-corrected chi connectivity index (χ2v) is 7.92. The maximum atomic E-state index is 3.86. The lowest BCUT2D eigenvalue weighted by Crippen LogP contribution is -2.63. The van der Waals surface area contributed by atoms with Crippen molar-refractivity contribution in [2.75, 3.05) is 18.0 Å². The van der Waals surface area contributed by atoms with Gasteiger partial charge in [0, 0.05) is 33.6 Å². The van der Waals surface area contributed by atoms with Crippen molar-refractivity contribution in [2.24, 2.45) is 0 Å². The third kappa shape index (κ3) is 2.79. The molecule has 1 spiro atoms. The van der Waals surface area contributed by atoms with Gasteiger partial charge in [0.25, 0.3) is 0 Å². The largest absolute Gasteiger partial charge is 0.365 e. The van der Waals surface area contributed by atoms with Crippen molar-refractivity contribution in [3.8, 4) is 0 Å². The van der Waals surface area contributed by atoms with Gasteiger partial charge in [-0.3, -0.25) is 0 Å². The van der Waals surface area contributed by atoms with Crippen molar-refractivity contribution in [3.05, 3.63) is 27.1 Å². The van der Waals surface area contributed by atoms with Gasteiger partial charge in [0.2, 0.25) is 0 Å². The molecule has 1 atom stereocenters. The number of hydrogen-bond acceptors (Lipinski definition) is 2.